The number of nitro groups is 1. The molecule has 0 unspecified atom stereocenters. The molecule has 0 atom stereocenters. The van der Waals surface area contributed by atoms with E-state index >= 15 is 0 Å². The molecule has 1 aromatic heterocycles. The first-order valence-corrected chi connectivity index (χ1v) is 7.42. The van der Waals surface area contributed by atoms with Gasteiger partial charge < -0.3 is 14.4 Å². The maximum Gasteiger partial charge on any atom is 0.372 e. The first-order valence-electron chi connectivity index (χ1n) is 7.42. The molecule has 126 valence electrons. The second kappa shape index (κ2) is 7.21. The third-order valence-electron chi connectivity index (χ3n) is 3.63. The van der Waals surface area contributed by atoms with Crippen molar-refractivity contribution in [3.8, 4) is 5.88 Å². The lowest BCUT2D eigenvalue weighted by Crippen LogP contribution is -2.37. The number of anilines is 1. The van der Waals surface area contributed by atoms with Crippen LogP contribution in [0.4, 0.5) is 11.5 Å². The van der Waals surface area contributed by atoms with E-state index in [0.717, 1.165) is 0 Å². The van der Waals surface area contributed by atoms with Gasteiger partial charge in [0.25, 0.3) is 5.88 Å². The molecule has 0 bridgehead atoms. The Morgan fingerprint density at radius 3 is 2.57 bits per heavy atom. The first-order chi connectivity index (χ1) is 10.9. The summed E-state index contributed by atoms with van der Waals surface area (Å²) in [5.41, 5.74) is -0.238. The van der Waals surface area contributed by atoms with E-state index in [1.54, 1.807) is 18.7 Å². The number of rotatable bonds is 5. The minimum atomic E-state index is -0.528. The summed E-state index contributed by atoms with van der Waals surface area (Å²) in [5.74, 6) is -0.233. The third kappa shape index (κ3) is 3.85. The van der Waals surface area contributed by atoms with Crippen LogP contribution >= 0.6 is 0 Å². The van der Waals surface area contributed by atoms with Crippen LogP contribution in [-0.2, 0) is 9.53 Å². The van der Waals surface area contributed by atoms with Gasteiger partial charge in [0.15, 0.2) is 0 Å². The normalized spacial score (nSPS) is 15.6. The number of carbonyl (C=O) groups excluding carboxylic acids is 1. The lowest BCUT2D eigenvalue weighted by Gasteiger charge is -2.31. The van der Waals surface area contributed by atoms with E-state index in [1.807, 2.05) is 0 Å². The summed E-state index contributed by atoms with van der Waals surface area (Å²) >= 11 is 0. The molecule has 1 saturated heterocycles. The van der Waals surface area contributed by atoms with Crippen molar-refractivity contribution in [3.05, 3.63) is 16.4 Å². The molecule has 1 aliphatic heterocycles. The molecule has 2 rings (SSSR count). The Kier molecular flexibility index (Phi) is 5.30. The Morgan fingerprint density at radius 2 is 2.04 bits per heavy atom. The second-order valence-corrected chi connectivity index (χ2v) is 5.56. The number of nitrogens with zero attached hydrogens (tertiary/aromatic N) is 4. The SMILES string of the molecule is COC(=O)C1CCN(c2ncnc(OC(C)C)c2[N+](=O)[O-])CC1. The van der Waals surface area contributed by atoms with Gasteiger partial charge in [-0.3, -0.25) is 14.9 Å². The molecule has 0 aliphatic carbocycles. The minimum absolute atomic E-state index is 0.0370. The largest absolute Gasteiger partial charge is 0.470 e. The highest BCUT2D eigenvalue weighted by atomic mass is 16.6. The molecule has 0 radical (unpaired) electrons. The van der Waals surface area contributed by atoms with Gasteiger partial charge in [0.1, 0.15) is 6.33 Å². The van der Waals surface area contributed by atoms with Crippen molar-refractivity contribution < 1.29 is 19.2 Å². The molecule has 0 spiro atoms. The summed E-state index contributed by atoms with van der Waals surface area (Å²) < 4.78 is 10.2. The van der Waals surface area contributed by atoms with E-state index < -0.39 is 4.92 Å². The van der Waals surface area contributed by atoms with Crippen molar-refractivity contribution >= 4 is 17.5 Å². The second-order valence-electron chi connectivity index (χ2n) is 5.56. The van der Waals surface area contributed by atoms with E-state index in [2.05, 4.69) is 9.97 Å². The van der Waals surface area contributed by atoms with Gasteiger partial charge in [0, 0.05) is 13.1 Å². The number of methoxy groups -OCH3 is 1. The van der Waals surface area contributed by atoms with Crippen molar-refractivity contribution in [2.45, 2.75) is 32.8 Å². The lowest BCUT2D eigenvalue weighted by molar-refractivity contribution is -0.385. The highest BCUT2D eigenvalue weighted by Crippen LogP contribution is 2.35. The topological polar surface area (TPSA) is 108 Å². The average molecular weight is 324 g/mol. The highest BCUT2D eigenvalue weighted by molar-refractivity contribution is 5.73. The van der Waals surface area contributed by atoms with E-state index in [1.165, 1.54) is 13.4 Å². The van der Waals surface area contributed by atoms with Gasteiger partial charge in [0.05, 0.1) is 24.1 Å². The summed E-state index contributed by atoms with van der Waals surface area (Å²) in [6.07, 6.45) is 2.15. The molecule has 1 fully saturated rings. The summed E-state index contributed by atoms with van der Waals surface area (Å²) in [5, 5.41) is 11.4. The molecule has 0 N–H and O–H groups in total. The van der Waals surface area contributed by atoms with Crippen molar-refractivity contribution in [3.63, 3.8) is 0 Å². The van der Waals surface area contributed by atoms with E-state index in [-0.39, 0.29) is 35.4 Å². The van der Waals surface area contributed by atoms with E-state index in [0.29, 0.717) is 25.9 Å². The number of carbonyl (C=O) groups is 1. The monoisotopic (exact) mass is 324 g/mol. The number of aromatic nitrogens is 2. The van der Waals surface area contributed by atoms with E-state index in [4.69, 9.17) is 9.47 Å². The van der Waals surface area contributed by atoms with Gasteiger partial charge in [-0.2, -0.15) is 4.98 Å². The molecular formula is C14H20N4O5. The van der Waals surface area contributed by atoms with E-state index in [9.17, 15) is 14.9 Å². The van der Waals surface area contributed by atoms with Crippen LogP contribution < -0.4 is 9.64 Å². The van der Waals surface area contributed by atoms with Gasteiger partial charge in [-0.15, -0.1) is 0 Å². The number of esters is 1. The molecule has 9 heteroatoms. The quantitative estimate of drug-likeness (QED) is 0.456. The maximum absolute atomic E-state index is 11.6. The Morgan fingerprint density at radius 1 is 1.39 bits per heavy atom. The predicted octanol–water partition coefficient (Wildman–Crippen LogP) is 1.56. The van der Waals surface area contributed by atoms with Gasteiger partial charge in [-0.1, -0.05) is 0 Å². The molecule has 9 nitrogen and oxygen atoms in total. The van der Waals surface area contributed by atoms with Crippen LogP contribution in [0.1, 0.15) is 26.7 Å². The fourth-order valence-corrected chi connectivity index (χ4v) is 2.55. The molecular weight excluding hydrogens is 304 g/mol. The van der Waals surface area contributed by atoms with Crippen LogP contribution in [0.2, 0.25) is 0 Å². The maximum atomic E-state index is 11.6. The van der Waals surface area contributed by atoms with Gasteiger partial charge in [0.2, 0.25) is 5.82 Å². The zero-order valence-electron chi connectivity index (χ0n) is 13.4. The molecule has 2 heterocycles. The summed E-state index contributed by atoms with van der Waals surface area (Å²) in [4.78, 5) is 32.2. The van der Waals surface area contributed by atoms with Gasteiger partial charge in [-0.25, -0.2) is 4.98 Å². The smallest absolute Gasteiger partial charge is 0.372 e. The Hall–Kier alpha value is -2.45. The summed E-state index contributed by atoms with van der Waals surface area (Å²) in [7, 11) is 1.36. The number of hydrogen-bond acceptors (Lipinski definition) is 8. The fourth-order valence-electron chi connectivity index (χ4n) is 2.55. The lowest BCUT2D eigenvalue weighted by atomic mass is 9.97. The van der Waals surface area contributed by atoms with Crippen molar-refractivity contribution in [2.24, 2.45) is 5.92 Å². The van der Waals surface area contributed by atoms with Crippen molar-refractivity contribution in [1.29, 1.82) is 0 Å². The Labute approximate surface area is 133 Å². The van der Waals surface area contributed by atoms with Crippen LogP contribution in [0.25, 0.3) is 0 Å². The third-order valence-corrected chi connectivity index (χ3v) is 3.63. The molecule has 0 saturated carbocycles. The van der Waals surface area contributed by atoms with Gasteiger partial charge >= 0.3 is 11.7 Å². The summed E-state index contributed by atoms with van der Waals surface area (Å²) in [6.45, 7) is 4.51. The van der Waals surface area contributed by atoms with Crippen LogP contribution in [-0.4, -0.2) is 47.2 Å². The zero-order valence-corrected chi connectivity index (χ0v) is 13.4. The zero-order chi connectivity index (χ0) is 17.0. The van der Waals surface area contributed by atoms with Gasteiger partial charge in [-0.05, 0) is 26.7 Å². The van der Waals surface area contributed by atoms with Crippen molar-refractivity contribution in [2.75, 3.05) is 25.1 Å². The average Bonchev–Trinajstić information content (AvgIpc) is 2.53. The summed E-state index contributed by atoms with van der Waals surface area (Å²) in [6, 6.07) is 0. The van der Waals surface area contributed by atoms with Crippen LogP contribution in [0.3, 0.4) is 0 Å². The minimum Gasteiger partial charge on any atom is -0.470 e. The standard InChI is InChI=1S/C14H20N4O5/c1-9(2)23-13-11(18(20)21)12(15-8-16-13)17-6-4-10(5-7-17)14(19)22-3/h8-10H,4-7H2,1-3H3. The Bertz CT molecular complexity index is 585. The Balaban J connectivity index is 2.23. The number of ether oxygens (including phenoxy) is 2. The van der Waals surface area contributed by atoms with Crippen molar-refractivity contribution in [1.82, 2.24) is 9.97 Å². The highest BCUT2D eigenvalue weighted by Gasteiger charge is 2.32. The first kappa shape index (κ1) is 16.9. The van der Waals surface area contributed by atoms with Crippen LogP contribution in [0.5, 0.6) is 5.88 Å². The molecule has 0 aromatic carbocycles. The van der Waals surface area contributed by atoms with Crippen LogP contribution in [0.15, 0.2) is 6.33 Å². The molecule has 0 amide bonds. The molecule has 1 aromatic rings. The number of hydrogen-bond donors (Lipinski definition) is 0. The fraction of sp³-hybridized carbons (Fsp3) is 0.643. The molecule has 23 heavy (non-hydrogen) atoms. The predicted molar refractivity (Wildman–Crippen MR) is 81.4 cm³/mol. The number of piperidine rings is 1. The van der Waals surface area contributed by atoms with Crippen LogP contribution in [0, 0.1) is 16.0 Å². The molecule has 1 aliphatic rings.